The Kier molecular flexibility index (Phi) is 24.8. The van der Waals surface area contributed by atoms with Gasteiger partial charge in [0.1, 0.15) is 37.1 Å². The molecule has 14 rings (SSSR count). The number of aliphatic hydroxyl groups excluding tert-OH is 1. The molecule has 4 aliphatic carbocycles. The molecule has 2 saturated heterocycles. The molecule has 9 aliphatic rings. The minimum atomic E-state index is -0.577. The zero-order valence-electron chi connectivity index (χ0n) is 55.4. The molecule has 3 amide bonds. The van der Waals surface area contributed by atoms with Crippen molar-refractivity contribution in [2.75, 3.05) is 81.3 Å². The minimum absolute atomic E-state index is 0.0206. The summed E-state index contributed by atoms with van der Waals surface area (Å²) in [6, 6.07) is 26.6. The van der Waals surface area contributed by atoms with Gasteiger partial charge in [-0.05, 0) is 149 Å². The smallest absolute Gasteiger partial charge is 0.337 e. The van der Waals surface area contributed by atoms with E-state index < -0.39 is 5.91 Å². The zero-order chi connectivity index (χ0) is 69.8. The number of carbonyl (C=O) groups is 7. The first-order valence-corrected chi connectivity index (χ1v) is 35.5. The summed E-state index contributed by atoms with van der Waals surface area (Å²) in [6.45, 7) is 6.89. The van der Waals surface area contributed by atoms with E-state index in [4.69, 9.17) is 38.4 Å². The van der Waals surface area contributed by atoms with Gasteiger partial charge in [-0.15, -0.1) is 0 Å². The second-order valence-corrected chi connectivity index (χ2v) is 28.3. The Morgan fingerprint density at radius 1 is 0.531 bits per heavy atom. The van der Waals surface area contributed by atoms with Crippen molar-refractivity contribution in [2.24, 2.45) is 11.8 Å². The van der Waals surface area contributed by atoms with Crippen molar-refractivity contribution in [1.29, 1.82) is 0 Å². The average molecular weight is 1550 g/mol. The number of aliphatic hydroxyl groups is 1. The van der Waals surface area contributed by atoms with Crippen molar-refractivity contribution < 1.29 is 86.5 Å². The molecular formula is C72H84Br3N5O18. The summed E-state index contributed by atoms with van der Waals surface area (Å²) in [5.74, 6) is 0.605. The van der Waals surface area contributed by atoms with Crippen molar-refractivity contribution in [3.05, 3.63) is 156 Å². The summed E-state index contributed by atoms with van der Waals surface area (Å²) >= 11 is 10.2. The van der Waals surface area contributed by atoms with Gasteiger partial charge in [-0.3, -0.25) is 19.6 Å². The molecule has 4 saturated carbocycles. The van der Waals surface area contributed by atoms with Crippen LogP contribution in [0.3, 0.4) is 0 Å². The molecule has 5 aromatic carbocycles. The van der Waals surface area contributed by atoms with Crippen LogP contribution in [0.15, 0.2) is 99.9 Å². The molecule has 98 heavy (non-hydrogen) atoms. The molecule has 0 atom stereocenters. The lowest BCUT2D eigenvalue weighted by molar-refractivity contribution is -0.143. The van der Waals surface area contributed by atoms with Gasteiger partial charge in [-0.25, -0.2) is 24.7 Å². The van der Waals surface area contributed by atoms with Crippen LogP contribution in [0.4, 0.5) is 0 Å². The van der Waals surface area contributed by atoms with Crippen LogP contribution in [0.2, 0.25) is 0 Å². The summed E-state index contributed by atoms with van der Waals surface area (Å²) in [5, 5.41) is 25.6. The molecule has 0 unspecified atom stereocenters. The summed E-state index contributed by atoms with van der Waals surface area (Å²) in [7, 11) is 5.48. The lowest BCUT2D eigenvalue weighted by Crippen LogP contribution is -2.47. The molecule has 3 spiro atoms. The monoisotopic (exact) mass is 1540 g/mol. The molecule has 0 radical (unpaired) electrons. The molecule has 26 heteroatoms. The van der Waals surface area contributed by atoms with Gasteiger partial charge >= 0.3 is 23.9 Å². The largest absolute Gasteiger partial charge is 0.491 e. The summed E-state index contributed by atoms with van der Waals surface area (Å²) < 4.78 is 49.0. The fourth-order valence-electron chi connectivity index (χ4n) is 12.2. The third-order valence-electron chi connectivity index (χ3n) is 19.4. The highest BCUT2D eigenvalue weighted by Gasteiger charge is 2.55. The van der Waals surface area contributed by atoms with Crippen LogP contribution in [0.5, 0.6) is 17.2 Å². The van der Waals surface area contributed by atoms with E-state index >= 15 is 0 Å². The quantitative estimate of drug-likeness (QED) is 0.0255. The van der Waals surface area contributed by atoms with E-state index in [1.807, 2.05) is 34.1 Å². The molecule has 5 heterocycles. The Morgan fingerprint density at radius 3 is 1.33 bits per heavy atom. The first-order chi connectivity index (χ1) is 47.3. The SMILES string of the molecule is COC(=O)c1ccc(CBr)c(Br)c1.COC(=O)c1ccc(CNC2(CO)CC2)c(Br)c1.COC(=O)c1ccc2c(c1)OCC1(CC1)N(C(=O)C1CCOCC1)C2.COC(=O)c1ccc2c(c1)OCC1(CC1)NC2.O=C(NO)c1ccc2c(c1)OCC1(CC1)N(C(=O)C1CCOCC1)C2. The Bertz CT molecular complexity index is 3610. The number of methoxy groups -OCH3 is 4. The standard InChI is InChI=1S/C19H23NO5.C18H22N2O5.C13H16BrNO3.C13H15NO3.C9H8Br2O2/c1-23-18(22)14-2-3-15-11-20(17(21)13-4-8-24-9-5-13)19(6-7-19)12-25-16(15)10-14;21-16(19-23)13-1-2-14-10-20(17(22)12-3-7-24-8-4-12)18(5-6-18)11-25-15(14)9-13;1-18-12(17)9-2-3-10(11(14)6-9)7-15-13(8-16)4-5-13;1-16-12(15)9-2-3-10-7-14-13(4-5-13)8-17-11(10)6-9;1-13-9(12)6-2-3-7(5-10)8(11)4-6/h2-3,10,13H,4-9,11-12H2,1H3;1-2,9,12,23H,3-8,10-11H2,(H,19,21);2-3,6,15-16H,4-5,7-8H2,1H3;2-3,6,14H,4-5,7-8H2,1H3;2-4H,5H2,1H3. The van der Waals surface area contributed by atoms with Crippen LogP contribution >= 0.6 is 47.8 Å². The number of amides is 3. The van der Waals surface area contributed by atoms with Gasteiger partial charge in [-0.2, -0.15) is 0 Å². The van der Waals surface area contributed by atoms with Gasteiger partial charge in [0.05, 0.1) is 87.0 Å². The van der Waals surface area contributed by atoms with Crippen LogP contribution in [0.25, 0.3) is 0 Å². The lowest BCUT2D eigenvalue weighted by Gasteiger charge is -2.34. The van der Waals surface area contributed by atoms with E-state index in [0.29, 0.717) is 105 Å². The third kappa shape index (κ3) is 18.1. The lowest BCUT2D eigenvalue weighted by atomic mass is 9.97. The highest BCUT2D eigenvalue weighted by Crippen LogP contribution is 2.49. The molecule has 5 aliphatic heterocycles. The zero-order valence-corrected chi connectivity index (χ0v) is 60.2. The highest BCUT2D eigenvalue weighted by molar-refractivity contribution is 9.11. The first-order valence-electron chi connectivity index (χ1n) is 32.8. The number of benzene rings is 5. The Hall–Kier alpha value is -7.01. The van der Waals surface area contributed by atoms with E-state index in [1.165, 1.54) is 41.3 Å². The number of hydrogen-bond acceptors (Lipinski definition) is 20. The molecular weight excluding hydrogens is 1460 g/mol. The molecule has 5 N–H and O–H groups in total. The van der Waals surface area contributed by atoms with E-state index in [2.05, 4.69) is 67.9 Å². The molecule has 0 bridgehead atoms. The number of halogens is 3. The summed E-state index contributed by atoms with van der Waals surface area (Å²) in [4.78, 5) is 87.5. The van der Waals surface area contributed by atoms with Crippen LogP contribution in [0.1, 0.15) is 157 Å². The number of esters is 4. The number of nitrogens with one attached hydrogen (secondary N) is 3. The number of fused-ring (bicyclic) bond motifs is 3. The van der Waals surface area contributed by atoms with Gasteiger partial charge < -0.3 is 68.2 Å². The number of nitrogens with zero attached hydrogens (tertiary/aromatic N) is 2. The highest BCUT2D eigenvalue weighted by atomic mass is 79.9. The molecule has 23 nitrogen and oxygen atoms in total. The third-order valence-corrected chi connectivity index (χ3v) is 21.5. The number of hydroxylamine groups is 1. The second-order valence-electron chi connectivity index (χ2n) is 26.0. The van der Waals surface area contributed by atoms with Crippen LogP contribution in [-0.2, 0) is 69.5 Å². The molecule has 5 aromatic rings. The van der Waals surface area contributed by atoms with Crippen molar-refractivity contribution >= 4 is 89.4 Å². The van der Waals surface area contributed by atoms with Gasteiger partial charge in [0.15, 0.2) is 0 Å². The summed E-state index contributed by atoms with van der Waals surface area (Å²) in [6.07, 6.45) is 11.3. The maximum absolute atomic E-state index is 13.1. The molecule has 0 aromatic heterocycles. The van der Waals surface area contributed by atoms with Gasteiger partial charge in [0.25, 0.3) is 5.91 Å². The van der Waals surface area contributed by atoms with Crippen molar-refractivity contribution in [1.82, 2.24) is 25.9 Å². The van der Waals surface area contributed by atoms with Gasteiger partial charge in [0.2, 0.25) is 11.8 Å². The van der Waals surface area contributed by atoms with Gasteiger partial charge in [-0.1, -0.05) is 78.1 Å². The topological polar surface area (TPSA) is 286 Å². The first kappa shape index (κ1) is 73.7. The molecule has 526 valence electrons. The van der Waals surface area contributed by atoms with E-state index in [-0.39, 0.29) is 76.3 Å². The Morgan fingerprint density at radius 2 is 0.929 bits per heavy atom. The van der Waals surface area contributed by atoms with Crippen LogP contribution < -0.4 is 30.3 Å². The van der Waals surface area contributed by atoms with Gasteiger partial charge in [0, 0.05) is 93.4 Å². The fraction of sp³-hybridized carbons (Fsp3) is 0.486. The normalized spacial score (nSPS) is 18.9. The molecule has 6 fully saturated rings. The predicted octanol–water partition coefficient (Wildman–Crippen LogP) is 10.1. The number of ether oxygens (including phenoxy) is 9. The van der Waals surface area contributed by atoms with E-state index in [1.54, 1.807) is 72.2 Å². The van der Waals surface area contributed by atoms with E-state index in [9.17, 15) is 38.7 Å². The number of rotatable bonds is 12. The van der Waals surface area contributed by atoms with Crippen LogP contribution in [0, 0.1) is 11.8 Å². The van der Waals surface area contributed by atoms with E-state index in [0.717, 1.165) is 119 Å². The van der Waals surface area contributed by atoms with Crippen molar-refractivity contribution in [3.8, 4) is 17.2 Å². The minimum Gasteiger partial charge on any atom is -0.491 e. The second kappa shape index (κ2) is 33.0. The number of hydrogen-bond donors (Lipinski definition) is 5. The van der Waals surface area contributed by atoms with Crippen molar-refractivity contribution in [3.63, 3.8) is 0 Å². The van der Waals surface area contributed by atoms with Crippen LogP contribution in [-0.4, -0.2) is 165 Å². The average Bonchev–Trinajstić information content (AvgIpc) is 1.60. The maximum Gasteiger partial charge on any atom is 0.337 e. The fourth-order valence-corrected chi connectivity index (χ4v) is 14.1. The predicted molar refractivity (Wildman–Crippen MR) is 368 cm³/mol. The maximum atomic E-state index is 13.1. The number of alkyl halides is 1. The van der Waals surface area contributed by atoms with Crippen molar-refractivity contribution in [2.45, 2.75) is 131 Å². The summed E-state index contributed by atoms with van der Waals surface area (Å²) in [5.41, 5.74) is 8.84. The Labute approximate surface area is 594 Å². The number of carbonyl (C=O) groups excluding carboxylic acids is 7. The Balaban J connectivity index is 0.000000135.